The maximum absolute atomic E-state index is 8.76. The Bertz CT molecular complexity index is 860. The molecular formula is C19H19N3. The van der Waals surface area contributed by atoms with Crippen LogP contribution >= 0.6 is 0 Å². The Balaban J connectivity index is 1.82. The second-order valence-corrected chi connectivity index (χ2v) is 5.90. The number of aromatic nitrogens is 1. The first-order chi connectivity index (χ1) is 10.8. The minimum atomic E-state index is 0.601. The van der Waals surface area contributed by atoms with Crippen molar-refractivity contribution in [3.8, 4) is 0 Å². The smallest absolute Gasteiger partial charge is 0.134 e. The molecule has 110 valence electrons. The summed E-state index contributed by atoms with van der Waals surface area (Å²) in [5.41, 5.74) is 4.72. The van der Waals surface area contributed by atoms with Crippen molar-refractivity contribution in [1.29, 1.82) is 5.41 Å². The lowest BCUT2D eigenvalue weighted by Gasteiger charge is -2.31. The van der Waals surface area contributed by atoms with Gasteiger partial charge < -0.3 is 9.47 Å². The molecule has 0 radical (unpaired) electrons. The molecule has 22 heavy (non-hydrogen) atoms. The highest BCUT2D eigenvalue weighted by Crippen LogP contribution is 2.30. The molecule has 1 aromatic heterocycles. The third-order valence-corrected chi connectivity index (χ3v) is 4.53. The second-order valence-electron chi connectivity index (χ2n) is 5.90. The fraction of sp³-hybridized carbons (Fsp3) is 0.211. The fourth-order valence-corrected chi connectivity index (χ4v) is 3.44. The summed E-state index contributed by atoms with van der Waals surface area (Å²) in [4.78, 5) is 2.15. The van der Waals surface area contributed by atoms with Crippen molar-refractivity contribution < 1.29 is 0 Å². The largest absolute Gasteiger partial charge is 0.350 e. The van der Waals surface area contributed by atoms with Gasteiger partial charge in [-0.1, -0.05) is 36.4 Å². The Morgan fingerprint density at radius 3 is 2.73 bits per heavy atom. The first-order valence-corrected chi connectivity index (χ1v) is 7.74. The first-order valence-electron chi connectivity index (χ1n) is 7.74. The number of hydrogen-bond donors (Lipinski definition) is 1. The van der Waals surface area contributed by atoms with Crippen LogP contribution < -0.4 is 4.90 Å². The molecule has 0 spiro atoms. The van der Waals surface area contributed by atoms with Gasteiger partial charge in [-0.05, 0) is 30.5 Å². The minimum Gasteiger partial charge on any atom is -0.350 e. The van der Waals surface area contributed by atoms with Crippen molar-refractivity contribution >= 4 is 22.4 Å². The normalized spacial score (nSPS) is 14.1. The third-order valence-electron chi connectivity index (χ3n) is 4.53. The standard InChI is InChI=1S/C19H19N3/c1-21-13-16(15-9-3-5-11-18(15)21)19(20)22-12-6-8-14-7-2-4-10-17(14)22/h2-5,7,9-11,13,20H,6,8,12H2,1H3. The monoisotopic (exact) mass is 289 g/mol. The van der Waals surface area contributed by atoms with Crippen LogP contribution in [0, 0.1) is 5.41 Å². The zero-order chi connectivity index (χ0) is 15.1. The number of amidine groups is 1. The lowest BCUT2D eigenvalue weighted by Crippen LogP contribution is -2.35. The van der Waals surface area contributed by atoms with E-state index < -0.39 is 0 Å². The number of para-hydroxylation sites is 2. The SMILES string of the molecule is Cn1cc(C(=N)N2CCCc3ccccc32)c2ccccc21. The van der Waals surface area contributed by atoms with Gasteiger partial charge in [-0.3, -0.25) is 5.41 Å². The van der Waals surface area contributed by atoms with E-state index in [0.717, 1.165) is 30.3 Å². The predicted octanol–water partition coefficient (Wildman–Crippen LogP) is 3.96. The molecule has 0 bridgehead atoms. The van der Waals surface area contributed by atoms with Crippen molar-refractivity contribution in [2.75, 3.05) is 11.4 Å². The van der Waals surface area contributed by atoms with E-state index in [-0.39, 0.29) is 0 Å². The van der Waals surface area contributed by atoms with Gasteiger partial charge in [-0.2, -0.15) is 0 Å². The molecule has 3 nitrogen and oxygen atoms in total. The van der Waals surface area contributed by atoms with Gasteiger partial charge in [0.2, 0.25) is 0 Å². The molecule has 1 aliphatic heterocycles. The summed E-state index contributed by atoms with van der Waals surface area (Å²) in [6, 6.07) is 16.8. The van der Waals surface area contributed by atoms with Crippen LogP contribution in [0.5, 0.6) is 0 Å². The number of nitrogens with one attached hydrogen (secondary N) is 1. The highest BCUT2D eigenvalue weighted by Gasteiger charge is 2.22. The predicted molar refractivity (Wildman–Crippen MR) is 91.9 cm³/mol. The van der Waals surface area contributed by atoms with E-state index in [1.165, 1.54) is 16.8 Å². The highest BCUT2D eigenvalue weighted by molar-refractivity contribution is 6.15. The van der Waals surface area contributed by atoms with Crippen molar-refractivity contribution in [3.63, 3.8) is 0 Å². The molecule has 0 atom stereocenters. The van der Waals surface area contributed by atoms with E-state index >= 15 is 0 Å². The molecule has 0 unspecified atom stereocenters. The third kappa shape index (κ3) is 1.93. The molecule has 0 saturated heterocycles. The van der Waals surface area contributed by atoms with Crippen LogP contribution in [0.25, 0.3) is 10.9 Å². The molecule has 3 aromatic rings. The van der Waals surface area contributed by atoms with Gasteiger partial charge in [0.05, 0.1) is 0 Å². The highest BCUT2D eigenvalue weighted by atomic mass is 15.2. The first kappa shape index (κ1) is 13.1. The van der Waals surface area contributed by atoms with E-state index in [2.05, 4.69) is 52.1 Å². The van der Waals surface area contributed by atoms with Crippen LogP contribution in [-0.2, 0) is 13.5 Å². The van der Waals surface area contributed by atoms with Gasteiger partial charge in [-0.15, -0.1) is 0 Å². The lowest BCUT2D eigenvalue weighted by atomic mass is 10.0. The average molecular weight is 289 g/mol. The molecule has 3 heteroatoms. The summed E-state index contributed by atoms with van der Waals surface area (Å²) in [6.07, 6.45) is 4.28. The second kappa shape index (κ2) is 5.02. The molecule has 2 aromatic carbocycles. The summed E-state index contributed by atoms with van der Waals surface area (Å²) >= 11 is 0. The molecule has 0 saturated carbocycles. The van der Waals surface area contributed by atoms with Gasteiger partial charge in [0.1, 0.15) is 5.84 Å². The fourth-order valence-electron chi connectivity index (χ4n) is 3.44. The number of fused-ring (bicyclic) bond motifs is 2. The van der Waals surface area contributed by atoms with Crippen molar-refractivity contribution in [3.05, 3.63) is 65.9 Å². The topological polar surface area (TPSA) is 32.0 Å². The summed E-state index contributed by atoms with van der Waals surface area (Å²) in [5, 5.41) is 9.91. The molecule has 1 N–H and O–H groups in total. The summed E-state index contributed by atoms with van der Waals surface area (Å²) in [5.74, 6) is 0.601. The quantitative estimate of drug-likeness (QED) is 0.534. The van der Waals surface area contributed by atoms with Crippen molar-refractivity contribution in [2.45, 2.75) is 12.8 Å². The van der Waals surface area contributed by atoms with Gasteiger partial charge in [-0.25, -0.2) is 0 Å². The zero-order valence-corrected chi connectivity index (χ0v) is 12.7. The van der Waals surface area contributed by atoms with Gasteiger partial charge in [0.15, 0.2) is 0 Å². The maximum atomic E-state index is 8.76. The molecule has 0 amide bonds. The van der Waals surface area contributed by atoms with Crippen LogP contribution in [0.2, 0.25) is 0 Å². The van der Waals surface area contributed by atoms with Crippen molar-refractivity contribution in [1.82, 2.24) is 4.57 Å². The Morgan fingerprint density at radius 2 is 1.82 bits per heavy atom. The van der Waals surface area contributed by atoms with Crippen LogP contribution in [0.3, 0.4) is 0 Å². The molecular weight excluding hydrogens is 270 g/mol. The lowest BCUT2D eigenvalue weighted by molar-refractivity contribution is 0.776. The Kier molecular flexibility index (Phi) is 3.00. The molecule has 4 rings (SSSR count). The number of nitrogens with zero attached hydrogens (tertiary/aromatic N) is 2. The zero-order valence-electron chi connectivity index (χ0n) is 12.7. The number of hydrogen-bond acceptors (Lipinski definition) is 1. The van der Waals surface area contributed by atoms with Crippen LogP contribution in [0.4, 0.5) is 5.69 Å². The van der Waals surface area contributed by atoms with Crippen molar-refractivity contribution in [2.24, 2.45) is 7.05 Å². The summed E-state index contributed by atoms with van der Waals surface area (Å²) in [6.45, 7) is 0.916. The van der Waals surface area contributed by atoms with Crippen LogP contribution in [0.15, 0.2) is 54.7 Å². The van der Waals surface area contributed by atoms with Gasteiger partial charge in [0, 0.05) is 41.9 Å². The number of benzene rings is 2. The molecule has 2 heterocycles. The Morgan fingerprint density at radius 1 is 1.05 bits per heavy atom. The van der Waals surface area contributed by atoms with E-state index in [9.17, 15) is 0 Å². The van der Waals surface area contributed by atoms with E-state index in [1.807, 2.05) is 19.2 Å². The molecule has 0 aliphatic carbocycles. The average Bonchev–Trinajstić information content (AvgIpc) is 2.91. The summed E-state index contributed by atoms with van der Waals surface area (Å²) in [7, 11) is 2.04. The number of aryl methyl sites for hydroxylation is 2. The van der Waals surface area contributed by atoms with E-state index in [4.69, 9.17) is 5.41 Å². The minimum absolute atomic E-state index is 0.601. The number of anilines is 1. The van der Waals surface area contributed by atoms with Crippen LogP contribution in [-0.4, -0.2) is 16.9 Å². The maximum Gasteiger partial charge on any atom is 0.134 e. The Hall–Kier alpha value is -2.55. The van der Waals surface area contributed by atoms with E-state index in [1.54, 1.807) is 0 Å². The number of rotatable bonds is 1. The van der Waals surface area contributed by atoms with Gasteiger partial charge in [0.25, 0.3) is 0 Å². The van der Waals surface area contributed by atoms with Crippen LogP contribution in [0.1, 0.15) is 17.5 Å². The Labute approximate surface area is 130 Å². The van der Waals surface area contributed by atoms with E-state index in [0.29, 0.717) is 5.84 Å². The molecule has 1 aliphatic rings. The van der Waals surface area contributed by atoms with Gasteiger partial charge >= 0.3 is 0 Å². The molecule has 0 fully saturated rings. The summed E-state index contributed by atoms with van der Waals surface area (Å²) < 4.78 is 2.11.